The number of piperidine rings is 1. The lowest BCUT2D eigenvalue weighted by molar-refractivity contribution is 0.0691. The Bertz CT molecular complexity index is 324. The number of furan rings is 1. The van der Waals surface area contributed by atoms with E-state index in [-0.39, 0.29) is 5.91 Å². The minimum absolute atomic E-state index is 0.0483. The van der Waals surface area contributed by atoms with Crippen molar-refractivity contribution in [1.29, 1.82) is 0 Å². The van der Waals surface area contributed by atoms with E-state index in [1.807, 2.05) is 17.9 Å². The Hall–Kier alpha value is -1.25. The number of aryl methyl sites for hydroxylation is 1. The van der Waals surface area contributed by atoms with Crippen LogP contribution >= 0.6 is 0 Å². The van der Waals surface area contributed by atoms with Crippen molar-refractivity contribution in [2.45, 2.75) is 26.2 Å². The molecule has 0 spiro atoms. The molecule has 3 heteroatoms. The smallest absolute Gasteiger partial charge is 0.289 e. The zero-order chi connectivity index (χ0) is 9.97. The molecule has 0 N–H and O–H groups in total. The molecule has 1 aliphatic heterocycles. The number of hydrogen-bond acceptors (Lipinski definition) is 2. The van der Waals surface area contributed by atoms with Crippen molar-refractivity contribution in [2.24, 2.45) is 0 Å². The van der Waals surface area contributed by atoms with Crippen LogP contribution in [0.5, 0.6) is 0 Å². The highest BCUT2D eigenvalue weighted by atomic mass is 16.3. The monoisotopic (exact) mass is 193 g/mol. The summed E-state index contributed by atoms with van der Waals surface area (Å²) in [5.74, 6) is 0.555. The average Bonchev–Trinajstić information content (AvgIpc) is 2.65. The van der Waals surface area contributed by atoms with Crippen LogP contribution in [0, 0.1) is 6.92 Å². The predicted octanol–water partition coefficient (Wildman–Crippen LogP) is 2.21. The van der Waals surface area contributed by atoms with Gasteiger partial charge in [-0.05, 0) is 32.3 Å². The van der Waals surface area contributed by atoms with Gasteiger partial charge in [0.2, 0.25) is 0 Å². The van der Waals surface area contributed by atoms with Gasteiger partial charge in [0.15, 0.2) is 5.76 Å². The number of hydrogen-bond donors (Lipinski definition) is 0. The molecule has 0 atom stereocenters. The van der Waals surface area contributed by atoms with Gasteiger partial charge in [-0.3, -0.25) is 4.79 Å². The Morgan fingerprint density at radius 1 is 1.36 bits per heavy atom. The molecule has 0 radical (unpaired) electrons. The number of carbonyl (C=O) groups is 1. The Morgan fingerprint density at radius 3 is 2.64 bits per heavy atom. The zero-order valence-electron chi connectivity index (χ0n) is 8.45. The largest absolute Gasteiger partial charge is 0.459 e. The summed E-state index contributed by atoms with van der Waals surface area (Å²) in [6, 6.07) is 1.83. The van der Waals surface area contributed by atoms with E-state index in [9.17, 15) is 4.79 Å². The number of likely N-dealkylation sites (tertiary alicyclic amines) is 1. The summed E-state index contributed by atoms with van der Waals surface area (Å²) < 4.78 is 5.19. The Labute approximate surface area is 83.7 Å². The SMILES string of the molecule is Cc1ccoc1C(=O)N1CCCCC1. The molecular weight excluding hydrogens is 178 g/mol. The number of carbonyl (C=O) groups excluding carboxylic acids is 1. The lowest BCUT2D eigenvalue weighted by atomic mass is 10.1. The molecular formula is C11H15NO2. The Kier molecular flexibility index (Phi) is 2.57. The molecule has 76 valence electrons. The van der Waals surface area contributed by atoms with E-state index in [1.165, 1.54) is 6.42 Å². The lowest BCUT2D eigenvalue weighted by Crippen LogP contribution is -2.35. The second-order valence-corrected chi connectivity index (χ2v) is 3.79. The summed E-state index contributed by atoms with van der Waals surface area (Å²) in [6.45, 7) is 3.65. The molecule has 2 heterocycles. The molecule has 1 aromatic rings. The number of nitrogens with zero attached hydrogens (tertiary/aromatic N) is 1. The van der Waals surface area contributed by atoms with E-state index in [4.69, 9.17) is 4.42 Å². The van der Waals surface area contributed by atoms with Gasteiger partial charge in [0, 0.05) is 18.7 Å². The van der Waals surface area contributed by atoms with Gasteiger partial charge < -0.3 is 9.32 Å². The predicted molar refractivity (Wildman–Crippen MR) is 53.2 cm³/mol. The van der Waals surface area contributed by atoms with E-state index in [1.54, 1.807) is 6.26 Å². The molecule has 2 rings (SSSR count). The van der Waals surface area contributed by atoms with Crippen LogP contribution in [0.15, 0.2) is 16.7 Å². The van der Waals surface area contributed by atoms with Crippen molar-refractivity contribution in [3.63, 3.8) is 0 Å². The fourth-order valence-corrected chi connectivity index (χ4v) is 1.83. The van der Waals surface area contributed by atoms with Gasteiger partial charge in [-0.2, -0.15) is 0 Å². The fraction of sp³-hybridized carbons (Fsp3) is 0.545. The van der Waals surface area contributed by atoms with Crippen LogP contribution in [0.25, 0.3) is 0 Å². The van der Waals surface area contributed by atoms with Crippen LogP contribution in [0.1, 0.15) is 35.4 Å². The van der Waals surface area contributed by atoms with Crippen molar-refractivity contribution in [3.8, 4) is 0 Å². The maximum atomic E-state index is 11.9. The standard InChI is InChI=1S/C11H15NO2/c1-9-5-8-14-10(9)11(13)12-6-3-2-4-7-12/h5,8H,2-4,6-7H2,1H3. The molecule has 1 fully saturated rings. The van der Waals surface area contributed by atoms with Crippen molar-refractivity contribution in [2.75, 3.05) is 13.1 Å². The van der Waals surface area contributed by atoms with E-state index in [2.05, 4.69) is 0 Å². The molecule has 1 amide bonds. The molecule has 14 heavy (non-hydrogen) atoms. The molecule has 0 saturated carbocycles. The van der Waals surface area contributed by atoms with Gasteiger partial charge >= 0.3 is 0 Å². The first kappa shape index (κ1) is 9.31. The zero-order valence-corrected chi connectivity index (χ0v) is 8.45. The molecule has 1 aliphatic rings. The van der Waals surface area contributed by atoms with Gasteiger partial charge in [-0.15, -0.1) is 0 Å². The van der Waals surface area contributed by atoms with Crippen LogP contribution in [-0.4, -0.2) is 23.9 Å². The second kappa shape index (κ2) is 3.86. The molecule has 1 aromatic heterocycles. The van der Waals surface area contributed by atoms with E-state index >= 15 is 0 Å². The maximum Gasteiger partial charge on any atom is 0.289 e. The quantitative estimate of drug-likeness (QED) is 0.685. The second-order valence-electron chi connectivity index (χ2n) is 3.79. The maximum absolute atomic E-state index is 11.9. The molecule has 1 saturated heterocycles. The third-order valence-electron chi connectivity index (χ3n) is 2.70. The summed E-state index contributed by atoms with van der Waals surface area (Å²) in [6.07, 6.45) is 5.05. The molecule has 3 nitrogen and oxygen atoms in total. The summed E-state index contributed by atoms with van der Waals surface area (Å²) >= 11 is 0. The summed E-state index contributed by atoms with van der Waals surface area (Å²) in [4.78, 5) is 13.8. The highest BCUT2D eigenvalue weighted by molar-refractivity contribution is 5.92. The summed E-state index contributed by atoms with van der Waals surface area (Å²) in [5.41, 5.74) is 0.931. The van der Waals surface area contributed by atoms with E-state index < -0.39 is 0 Å². The first-order valence-electron chi connectivity index (χ1n) is 5.12. The van der Waals surface area contributed by atoms with Crippen molar-refractivity contribution in [3.05, 3.63) is 23.7 Å². The van der Waals surface area contributed by atoms with Gasteiger partial charge in [0.05, 0.1) is 6.26 Å². The lowest BCUT2D eigenvalue weighted by Gasteiger charge is -2.25. The van der Waals surface area contributed by atoms with E-state index in [0.717, 1.165) is 31.5 Å². The summed E-state index contributed by atoms with van der Waals surface area (Å²) in [7, 11) is 0. The topological polar surface area (TPSA) is 33.5 Å². The van der Waals surface area contributed by atoms with Crippen molar-refractivity contribution < 1.29 is 9.21 Å². The van der Waals surface area contributed by atoms with Crippen LogP contribution in [0.3, 0.4) is 0 Å². The third kappa shape index (κ3) is 1.67. The summed E-state index contributed by atoms with van der Waals surface area (Å²) in [5, 5.41) is 0. The van der Waals surface area contributed by atoms with Crippen LogP contribution in [0.2, 0.25) is 0 Å². The third-order valence-corrected chi connectivity index (χ3v) is 2.70. The van der Waals surface area contributed by atoms with Crippen LogP contribution < -0.4 is 0 Å². The highest BCUT2D eigenvalue weighted by Crippen LogP contribution is 2.16. The van der Waals surface area contributed by atoms with E-state index in [0.29, 0.717) is 5.76 Å². The van der Waals surface area contributed by atoms with Crippen molar-refractivity contribution in [1.82, 2.24) is 4.90 Å². The first-order valence-corrected chi connectivity index (χ1v) is 5.12. The molecule has 0 unspecified atom stereocenters. The van der Waals surface area contributed by atoms with Crippen molar-refractivity contribution >= 4 is 5.91 Å². The highest BCUT2D eigenvalue weighted by Gasteiger charge is 2.21. The Morgan fingerprint density at radius 2 is 2.07 bits per heavy atom. The number of rotatable bonds is 1. The molecule has 0 aliphatic carbocycles. The molecule has 0 bridgehead atoms. The van der Waals surface area contributed by atoms with Gasteiger partial charge in [-0.1, -0.05) is 0 Å². The Balaban J connectivity index is 2.11. The van der Waals surface area contributed by atoms with Crippen LogP contribution in [0.4, 0.5) is 0 Å². The normalized spacial score (nSPS) is 17.1. The van der Waals surface area contributed by atoms with Gasteiger partial charge in [-0.25, -0.2) is 0 Å². The van der Waals surface area contributed by atoms with Gasteiger partial charge in [0.25, 0.3) is 5.91 Å². The molecule has 0 aromatic carbocycles. The van der Waals surface area contributed by atoms with Gasteiger partial charge in [0.1, 0.15) is 0 Å². The van der Waals surface area contributed by atoms with Crippen LogP contribution in [-0.2, 0) is 0 Å². The average molecular weight is 193 g/mol. The minimum atomic E-state index is 0.0483. The number of amides is 1. The fourth-order valence-electron chi connectivity index (χ4n) is 1.83. The minimum Gasteiger partial charge on any atom is -0.459 e. The first-order chi connectivity index (χ1) is 6.79.